The predicted molar refractivity (Wildman–Crippen MR) is 100 cm³/mol. The first-order chi connectivity index (χ1) is 13.8. The second kappa shape index (κ2) is 7.77. The number of hydrogen-bond donors (Lipinski definition) is 2. The van der Waals surface area contributed by atoms with E-state index >= 15 is 0 Å². The molecule has 9 nitrogen and oxygen atoms in total. The zero-order chi connectivity index (χ0) is 21.1. The number of carbonyl (C=O) groups excluding carboxylic acids is 4. The van der Waals surface area contributed by atoms with Crippen LogP contribution in [0.5, 0.6) is 0 Å². The molecule has 0 unspecified atom stereocenters. The number of urea groups is 1. The molecule has 4 amide bonds. The van der Waals surface area contributed by atoms with Crippen molar-refractivity contribution in [2.24, 2.45) is 0 Å². The second-order valence-corrected chi connectivity index (χ2v) is 5.92. The van der Waals surface area contributed by atoms with Gasteiger partial charge in [0, 0.05) is 0 Å². The number of nitrogens with one attached hydrogen (secondary N) is 1. The Labute approximate surface area is 164 Å². The Kier molecular flexibility index (Phi) is 5.22. The molecule has 2 N–H and O–H groups in total. The number of carboxylic acid groups (broad SMARTS) is 1. The summed E-state index contributed by atoms with van der Waals surface area (Å²) in [7, 11) is 1.25. The van der Waals surface area contributed by atoms with E-state index in [9.17, 15) is 24.0 Å². The Morgan fingerprint density at radius 3 is 2.10 bits per heavy atom. The summed E-state index contributed by atoms with van der Waals surface area (Å²) in [4.78, 5) is 60.3. The first-order valence-electron chi connectivity index (χ1n) is 8.25. The number of barbiturate groups is 1. The van der Waals surface area contributed by atoms with E-state index < -0.39 is 29.8 Å². The fraction of sp³-hybridized carbons (Fsp3) is 0.0500. The van der Waals surface area contributed by atoms with Crippen molar-refractivity contribution >= 4 is 41.5 Å². The molecule has 1 aliphatic rings. The van der Waals surface area contributed by atoms with Gasteiger partial charge >= 0.3 is 18.0 Å². The van der Waals surface area contributed by atoms with Crippen LogP contribution in [0.1, 0.15) is 26.3 Å². The smallest absolute Gasteiger partial charge is 0.337 e. The molecule has 1 heterocycles. The highest BCUT2D eigenvalue weighted by Gasteiger charge is 2.36. The molecular weight excluding hydrogens is 380 g/mol. The second-order valence-electron chi connectivity index (χ2n) is 5.92. The average molecular weight is 394 g/mol. The van der Waals surface area contributed by atoms with E-state index in [2.05, 4.69) is 10.1 Å². The average Bonchev–Trinajstić information content (AvgIpc) is 2.71. The van der Waals surface area contributed by atoms with Gasteiger partial charge in [0.05, 0.1) is 23.9 Å². The molecule has 1 saturated heterocycles. The first kappa shape index (κ1) is 19.5. The van der Waals surface area contributed by atoms with Crippen LogP contribution >= 0.6 is 0 Å². The topological polar surface area (TPSA) is 130 Å². The van der Waals surface area contributed by atoms with Gasteiger partial charge in [0.1, 0.15) is 5.57 Å². The molecule has 0 radical (unpaired) electrons. The Hall–Kier alpha value is -4.27. The van der Waals surface area contributed by atoms with E-state index in [1.54, 1.807) is 0 Å². The third kappa shape index (κ3) is 3.88. The Bertz CT molecular complexity index is 1050. The standard InChI is InChI=1S/C20H14N2O7/c1-29-19(27)13-4-2-11(3-5-13)10-15-16(23)21-20(28)22(17(15)24)14-8-6-12(7-9-14)18(25)26/h2-10H,1H3,(H,25,26)(H,21,23,28)/b15-10+. The number of ether oxygens (including phenoxy) is 1. The number of esters is 1. The van der Waals surface area contributed by atoms with Crippen LogP contribution in [0.25, 0.3) is 6.08 Å². The van der Waals surface area contributed by atoms with Gasteiger partial charge in [-0.05, 0) is 48.0 Å². The Morgan fingerprint density at radius 1 is 0.966 bits per heavy atom. The minimum atomic E-state index is -1.16. The fourth-order valence-corrected chi connectivity index (χ4v) is 2.64. The van der Waals surface area contributed by atoms with E-state index in [0.29, 0.717) is 11.1 Å². The summed E-state index contributed by atoms with van der Waals surface area (Å²) in [6, 6.07) is 10.1. The van der Waals surface area contributed by atoms with E-state index in [-0.39, 0.29) is 16.8 Å². The zero-order valence-electron chi connectivity index (χ0n) is 15.0. The van der Waals surface area contributed by atoms with Gasteiger partial charge in [-0.25, -0.2) is 19.3 Å². The van der Waals surface area contributed by atoms with Crippen molar-refractivity contribution in [2.75, 3.05) is 12.0 Å². The zero-order valence-corrected chi connectivity index (χ0v) is 15.0. The summed E-state index contributed by atoms with van der Waals surface area (Å²) < 4.78 is 4.60. The molecule has 0 aliphatic carbocycles. The maximum Gasteiger partial charge on any atom is 0.337 e. The van der Waals surface area contributed by atoms with Gasteiger partial charge in [-0.15, -0.1) is 0 Å². The van der Waals surface area contributed by atoms with Crippen molar-refractivity contribution < 1.29 is 33.8 Å². The lowest BCUT2D eigenvalue weighted by Gasteiger charge is -2.26. The highest BCUT2D eigenvalue weighted by Crippen LogP contribution is 2.22. The largest absolute Gasteiger partial charge is 0.478 e. The third-order valence-electron chi connectivity index (χ3n) is 4.12. The monoisotopic (exact) mass is 394 g/mol. The molecule has 3 rings (SSSR count). The number of hydrogen-bond acceptors (Lipinski definition) is 6. The molecule has 146 valence electrons. The maximum absolute atomic E-state index is 12.8. The van der Waals surface area contributed by atoms with Crippen molar-refractivity contribution in [3.63, 3.8) is 0 Å². The molecule has 2 aromatic rings. The lowest BCUT2D eigenvalue weighted by molar-refractivity contribution is -0.122. The molecule has 1 aliphatic heterocycles. The number of methoxy groups -OCH3 is 1. The van der Waals surface area contributed by atoms with Gasteiger partial charge in [-0.1, -0.05) is 12.1 Å². The van der Waals surface area contributed by atoms with Crippen LogP contribution in [0.2, 0.25) is 0 Å². The molecule has 2 aromatic carbocycles. The van der Waals surface area contributed by atoms with E-state index in [1.165, 1.54) is 61.7 Å². The number of amides is 4. The number of aromatic carboxylic acids is 1. The van der Waals surface area contributed by atoms with Crippen LogP contribution in [0.3, 0.4) is 0 Å². The highest BCUT2D eigenvalue weighted by atomic mass is 16.5. The van der Waals surface area contributed by atoms with Gasteiger partial charge in [0.15, 0.2) is 0 Å². The number of anilines is 1. The summed E-state index contributed by atoms with van der Waals surface area (Å²) in [5, 5.41) is 11.0. The van der Waals surface area contributed by atoms with Gasteiger partial charge in [0.25, 0.3) is 11.8 Å². The number of carbonyl (C=O) groups is 5. The quantitative estimate of drug-likeness (QED) is 0.460. The molecule has 0 bridgehead atoms. The van der Waals surface area contributed by atoms with Gasteiger partial charge in [0.2, 0.25) is 0 Å². The van der Waals surface area contributed by atoms with Crippen LogP contribution in [0.15, 0.2) is 54.1 Å². The normalized spacial score (nSPS) is 15.3. The van der Waals surface area contributed by atoms with Crippen LogP contribution in [0.4, 0.5) is 10.5 Å². The number of carboxylic acids is 1. The molecular formula is C20H14N2O7. The van der Waals surface area contributed by atoms with Gasteiger partial charge in [-0.3, -0.25) is 14.9 Å². The summed E-state index contributed by atoms with van der Waals surface area (Å²) in [5.74, 6) is -3.41. The van der Waals surface area contributed by atoms with Crippen molar-refractivity contribution in [3.8, 4) is 0 Å². The fourth-order valence-electron chi connectivity index (χ4n) is 2.64. The molecule has 0 spiro atoms. The van der Waals surface area contributed by atoms with Crippen LogP contribution in [0, 0.1) is 0 Å². The molecule has 0 aromatic heterocycles. The van der Waals surface area contributed by atoms with Crippen molar-refractivity contribution in [1.82, 2.24) is 5.32 Å². The number of nitrogens with zero attached hydrogens (tertiary/aromatic N) is 1. The summed E-state index contributed by atoms with van der Waals surface area (Å²) >= 11 is 0. The summed E-state index contributed by atoms with van der Waals surface area (Å²) in [6.07, 6.45) is 1.28. The Balaban J connectivity index is 1.93. The van der Waals surface area contributed by atoms with E-state index in [1.807, 2.05) is 0 Å². The van der Waals surface area contributed by atoms with E-state index in [0.717, 1.165) is 4.90 Å². The molecule has 9 heteroatoms. The van der Waals surface area contributed by atoms with Crippen LogP contribution < -0.4 is 10.2 Å². The molecule has 0 atom stereocenters. The molecule has 0 saturated carbocycles. The van der Waals surface area contributed by atoms with Crippen LogP contribution in [-0.2, 0) is 14.3 Å². The SMILES string of the molecule is COC(=O)c1ccc(/C=C2\C(=O)NC(=O)N(c3ccc(C(=O)O)cc3)C2=O)cc1. The molecule has 1 fully saturated rings. The Morgan fingerprint density at radius 2 is 1.55 bits per heavy atom. The van der Waals surface area contributed by atoms with Gasteiger partial charge < -0.3 is 9.84 Å². The minimum Gasteiger partial charge on any atom is -0.478 e. The van der Waals surface area contributed by atoms with Crippen molar-refractivity contribution in [3.05, 3.63) is 70.8 Å². The number of rotatable bonds is 4. The highest BCUT2D eigenvalue weighted by molar-refractivity contribution is 6.39. The van der Waals surface area contributed by atoms with Crippen LogP contribution in [-0.4, -0.2) is 42.0 Å². The minimum absolute atomic E-state index is 0.0174. The lowest BCUT2D eigenvalue weighted by Crippen LogP contribution is -2.54. The number of imide groups is 2. The summed E-state index contributed by atoms with van der Waals surface area (Å²) in [5.41, 5.74) is 0.543. The lowest BCUT2D eigenvalue weighted by atomic mass is 10.1. The maximum atomic E-state index is 12.8. The van der Waals surface area contributed by atoms with Crippen molar-refractivity contribution in [2.45, 2.75) is 0 Å². The number of benzene rings is 2. The predicted octanol–water partition coefficient (Wildman–Crippen LogP) is 1.84. The van der Waals surface area contributed by atoms with Gasteiger partial charge in [-0.2, -0.15) is 0 Å². The third-order valence-corrected chi connectivity index (χ3v) is 4.12. The molecule has 29 heavy (non-hydrogen) atoms. The van der Waals surface area contributed by atoms with E-state index in [4.69, 9.17) is 5.11 Å². The van der Waals surface area contributed by atoms with Crippen molar-refractivity contribution in [1.29, 1.82) is 0 Å². The first-order valence-corrected chi connectivity index (χ1v) is 8.25. The summed E-state index contributed by atoms with van der Waals surface area (Å²) in [6.45, 7) is 0.